The van der Waals surface area contributed by atoms with Crippen LogP contribution in [0.1, 0.15) is 18.9 Å². The van der Waals surface area contributed by atoms with Gasteiger partial charge in [-0.15, -0.1) is 0 Å². The maximum absolute atomic E-state index is 12.2. The second-order valence-electron chi connectivity index (χ2n) is 5.20. The number of hydrogen-bond donors (Lipinski definition) is 2. The molecule has 0 radical (unpaired) electrons. The molecule has 2 N–H and O–H groups in total. The van der Waals surface area contributed by atoms with E-state index in [1.165, 1.54) is 0 Å². The van der Waals surface area contributed by atoms with E-state index in [2.05, 4.69) is 10.0 Å². The third-order valence-electron chi connectivity index (χ3n) is 3.46. The summed E-state index contributed by atoms with van der Waals surface area (Å²) in [5.41, 5.74) is 0.633. The normalized spacial score (nSPS) is 23.8. The van der Waals surface area contributed by atoms with Crippen molar-refractivity contribution >= 4 is 33.2 Å². The fraction of sp³-hybridized carbons (Fsp3) is 0.538. The van der Waals surface area contributed by atoms with Crippen LogP contribution in [0.5, 0.6) is 0 Å². The summed E-state index contributed by atoms with van der Waals surface area (Å²) in [6.45, 7) is 3.71. The summed E-state index contributed by atoms with van der Waals surface area (Å²) in [6.07, 6.45) is 0.807. The van der Waals surface area contributed by atoms with Crippen LogP contribution in [0, 0.1) is 5.92 Å². The number of hydrogen-bond acceptors (Lipinski definition) is 3. The maximum atomic E-state index is 12.2. The molecule has 7 heteroatoms. The molecule has 112 valence electrons. The topological polar surface area (TPSA) is 58.2 Å². The quantitative estimate of drug-likeness (QED) is 0.887. The van der Waals surface area contributed by atoms with Crippen LogP contribution in [0.15, 0.2) is 18.2 Å². The van der Waals surface area contributed by atoms with Gasteiger partial charge >= 0.3 is 0 Å². The predicted molar refractivity (Wildman–Crippen MR) is 82.7 cm³/mol. The highest BCUT2D eigenvalue weighted by Crippen LogP contribution is 2.23. The van der Waals surface area contributed by atoms with Gasteiger partial charge in [-0.05, 0) is 43.1 Å². The summed E-state index contributed by atoms with van der Waals surface area (Å²) >= 11 is 11.7. The van der Waals surface area contributed by atoms with Crippen LogP contribution in [0.2, 0.25) is 10.0 Å². The molecule has 2 atom stereocenters. The molecule has 0 aromatic heterocycles. The minimum absolute atomic E-state index is 0.0102. The number of piperidine rings is 1. The first-order chi connectivity index (χ1) is 9.37. The van der Waals surface area contributed by atoms with Crippen molar-refractivity contribution in [3.05, 3.63) is 33.8 Å². The van der Waals surface area contributed by atoms with Gasteiger partial charge in [0.1, 0.15) is 0 Å². The Labute approximate surface area is 129 Å². The van der Waals surface area contributed by atoms with Gasteiger partial charge in [-0.2, -0.15) is 0 Å². The van der Waals surface area contributed by atoms with E-state index < -0.39 is 10.0 Å². The fourth-order valence-corrected chi connectivity index (χ4v) is 4.14. The van der Waals surface area contributed by atoms with Crippen molar-refractivity contribution < 1.29 is 8.42 Å². The van der Waals surface area contributed by atoms with Crippen molar-refractivity contribution in [3.63, 3.8) is 0 Å². The lowest BCUT2D eigenvalue weighted by molar-refractivity contribution is 0.328. The third kappa shape index (κ3) is 4.33. The molecule has 2 unspecified atom stereocenters. The van der Waals surface area contributed by atoms with Crippen molar-refractivity contribution in [2.45, 2.75) is 25.1 Å². The van der Waals surface area contributed by atoms with Crippen LogP contribution in [0.25, 0.3) is 0 Å². The lowest BCUT2D eigenvalue weighted by atomic mass is 9.97. The van der Waals surface area contributed by atoms with Crippen molar-refractivity contribution in [3.8, 4) is 0 Å². The molecule has 2 rings (SSSR count). The minimum atomic E-state index is -3.38. The average Bonchev–Trinajstić information content (AvgIpc) is 2.36. The van der Waals surface area contributed by atoms with E-state index in [1.807, 2.05) is 6.92 Å². The summed E-state index contributed by atoms with van der Waals surface area (Å²) in [6, 6.07) is 4.87. The fourth-order valence-electron chi connectivity index (χ4n) is 2.31. The van der Waals surface area contributed by atoms with Crippen molar-refractivity contribution in [2.75, 3.05) is 13.1 Å². The molecule has 4 nitrogen and oxygen atoms in total. The first-order valence-electron chi connectivity index (χ1n) is 6.52. The number of rotatable bonds is 4. The summed E-state index contributed by atoms with van der Waals surface area (Å²) in [5.74, 6) is 0.202. The smallest absolute Gasteiger partial charge is 0.216 e. The minimum Gasteiger partial charge on any atom is -0.316 e. The van der Waals surface area contributed by atoms with Crippen LogP contribution >= 0.6 is 23.2 Å². The maximum Gasteiger partial charge on any atom is 0.216 e. The highest BCUT2D eigenvalue weighted by molar-refractivity contribution is 7.88. The molecule has 0 aliphatic carbocycles. The average molecular weight is 337 g/mol. The molecule has 0 amide bonds. The van der Waals surface area contributed by atoms with Gasteiger partial charge in [0.2, 0.25) is 10.0 Å². The Hall–Kier alpha value is -0.330. The molecule has 0 bridgehead atoms. The van der Waals surface area contributed by atoms with E-state index in [0.29, 0.717) is 15.6 Å². The Kier molecular flexibility index (Phi) is 5.31. The number of sulfonamides is 1. The lowest BCUT2D eigenvalue weighted by Gasteiger charge is -2.29. The van der Waals surface area contributed by atoms with E-state index in [9.17, 15) is 8.42 Å². The van der Waals surface area contributed by atoms with Gasteiger partial charge in [-0.1, -0.05) is 36.2 Å². The Bertz CT molecular complexity index is 578. The first-order valence-corrected chi connectivity index (χ1v) is 8.93. The monoisotopic (exact) mass is 336 g/mol. The van der Waals surface area contributed by atoms with Crippen molar-refractivity contribution in [1.82, 2.24) is 10.0 Å². The van der Waals surface area contributed by atoms with Crippen LogP contribution in [0.3, 0.4) is 0 Å². The SMILES string of the molecule is CC1CNCCC1NS(=O)(=O)Cc1ccc(Cl)c(Cl)c1. The summed E-state index contributed by atoms with van der Waals surface area (Å²) in [4.78, 5) is 0. The van der Waals surface area contributed by atoms with Gasteiger partial charge in [-0.25, -0.2) is 13.1 Å². The molecule has 1 heterocycles. The van der Waals surface area contributed by atoms with E-state index in [-0.39, 0.29) is 17.7 Å². The van der Waals surface area contributed by atoms with Crippen LogP contribution < -0.4 is 10.0 Å². The zero-order valence-corrected chi connectivity index (χ0v) is 13.5. The summed E-state index contributed by atoms with van der Waals surface area (Å²) < 4.78 is 27.2. The zero-order chi connectivity index (χ0) is 14.8. The number of nitrogens with one attached hydrogen (secondary N) is 2. The Balaban J connectivity index is 2.04. The van der Waals surface area contributed by atoms with Crippen molar-refractivity contribution in [2.24, 2.45) is 5.92 Å². The first kappa shape index (κ1) is 16.0. The zero-order valence-electron chi connectivity index (χ0n) is 11.2. The van der Waals surface area contributed by atoms with Gasteiger partial charge in [0.25, 0.3) is 0 Å². The standard InChI is InChI=1S/C13H18Cl2N2O2S/c1-9-7-16-5-4-13(9)17-20(18,19)8-10-2-3-11(14)12(15)6-10/h2-3,6,9,13,16-17H,4-5,7-8H2,1H3. The van der Waals surface area contributed by atoms with E-state index in [0.717, 1.165) is 19.5 Å². The highest BCUT2D eigenvalue weighted by Gasteiger charge is 2.25. The summed E-state index contributed by atoms with van der Waals surface area (Å²) in [7, 11) is -3.38. The summed E-state index contributed by atoms with van der Waals surface area (Å²) in [5, 5.41) is 4.04. The van der Waals surface area contributed by atoms with E-state index in [4.69, 9.17) is 23.2 Å². The van der Waals surface area contributed by atoms with E-state index in [1.54, 1.807) is 18.2 Å². The molecule has 20 heavy (non-hydrogen) atoms. The Morgan fingerprint density at radius 1 is 1.35 bits per heavy atom. The molecular formula is C13H18Cl2N2O2S. The van der Waals surface area contributed by atoms with Crippen LogP contribution in [0.4, 0.5) is 0 Å². The molecule has 1 aliphatic rings. The molecular weight excluding hydrogens is 319 g/mol. The third-order valence-corrected chi connectivity index (χ3v) is 5.57. The molecule has 1 aromatic rings. The van der Waals surface area contributed by atoms with Crippen molar-refractivity contribution in [1.29, 1.82) is 0 Å². The van der Waals surface area contributed by atoms with Crippen LogP contribution in [-0.4, -0.2) is 27.5 Å². The van der Waals surface area contributed by atoms with Gasteiger partial charge in [0.15, 0.2) is 0 Å². The highest BCUT2D eigenvalue weighted by atomic mass is 35.5. The second-order valence-corrected chi connectivity index (χ2v) is 7.77. The molecule has 0 saturated carbocycles. The predicted octanol–water partition coefficient (Wildman–Crippen LogP) is 2.41. The lowest BCUT2D eigenvalue weighted by Crippen LogP contribution is -2.48. The molecule has 0 spiro atoms. The van der Waals surface area contributed by atoms with E-state index >= 15 is 0 Å². The van der Waals surface area contributed by atoms with Gasteiger partial charge in [0, 0.05) is 6.04 Å². The second kappa shape index (κ2) is 6.62. The van der Waals surface area contributed by atoms with Gasteiger partial charge in [0.05, 0.1) is 15.8 Å². The van der Waals surface area contributed by atoms with Gasteiger partial charge < -0.3 is 5.32 Å². The Morgan fingerprint density at radius 3 is 2.75 bits per heavy atom. The van der Waals surface area contributed by atoms with Gasteiger partial charge in [-0.3, -0.25) is 0 Å². The number of halogens is 2. The largest absolute Gasteiger partial charge is 0.316 e. The number of benzene rings is 1. The molecule has 1 fully saturated rings. The Morgan fingerprint density at radius 2 is 2.10 bits per heavy atom. The van der Waals surface area contributed by atoms with Crippen LogP contribution in [-0.2, 0) is 15.8 Å². The molecule has 1 aliphatic heterocycles. The molecule has 1 saturated heterocycles. The molecule has 1 aromatic carbocycles.